The Morgan fingerprint density at radius 1 is 0.895 bits per heavy atom. The van der Waals surface area contributed by atoms with E-state index in [1.165, 1.54) is 25.7 Å². The number of hydrogen-bond acceptors (Lipinski definition) is 1. The Labute approximate surface area is 113 Å². The molecule has 0 atom stereocenters. The first-order valence-corrected chi connectivity index (χ1v) is 7.03. The number of hydrogen-bond donors (Lipinski definition) is 1. The van der Waals surface area contributed by atoms with Gasteiger partial charge >= 0.3 is 0 Å². The Hall–Kier alpha value is -1.19. The van der Waals surface area contributed by atoms with E-state index >= 15 is 0 Å². The van der Waals surface area contributed by atoms with Gasteiger partial charge in [-0.3, -0.25) is 0 Å². The summed E-state index contributed by atoms with van der Waals surface area (Å²) in [6.07, 6.45) is 8.06. The van der Waals surface area contributed by atoms with E-state index in [9.17, 15) is 13.2 Å². The van der Waals surface area contributed by atoms with E-state index < -0.39 is 17.5 Å². The van der Waals surface area contributed by atoms with Crippen molar-refractivity contribution in [2.24, 2.45) is 0 Å². The molecule has 1 N–H and O–H groups in total. The van der Waals surface area contributed by atoms with Crippen LogP contribution in [-0.4, -0.2) is 6.54 Å². The van der Waals surface area contributed by atoms with Crippen LogP contribution in [0, 0.1) is 17.5 Å². The lowest BCUT2D eigenvalue weighted by atomic mass is 10.1. The van der Waals surface area contributed by atoms with Gasteiger partial charge in [-0.2, -0.15) is 0 Å². The number of benzene rings is 1. The van der Waals surface area contributed by atoms with Crippen LogP contribution in [0.15, 0.2) is 12.1 Å². The standard InChI is InChI=1S/C15H22F3N/c1-2-3-4-5-6-7-8-9-19-14-11-12(16)10-13(17)15(14)18/h10-11,19H,2-9H2,1H3. The number of unbranched alkanes of at least 4 members (excludes halogenated alkanes) is 6. The highest BCUT2D eigenvalue weighted by molar-refractivity contribution is 5.45. The van der Waals surface area contributed by atoms with Gasteiger partial charge in [0.25, 0.3) is 0 Å². The smallest absolute Gasteiger partial charge is 0.182 e. The molecular weight excluding hydrogens is 251 g/mol. The first-order valence-electron chi connectivity index (χ1n) is 7.03. The van der Waals surface area contributed by atoms with Gasteiger partial charge in [-0.1, -0.05) is 45.4 Å². The summed E-state index contributed by atoms with van der Waals surface area (Å²) in [5.74, 6) is -2.92. The minimum absolute atomic E-state index is 0.0940. The Balaban J connectivity index is 2.19. The molecule has 4 heteroatoms. The van der Waals surface area contributed by atoms with Crippen LogP contribution >= 0.6 is 0 Å². The Bertz CT molecular complexity index is 380. The SMILES string of the molecule is CCCCCCCCCNc1cc(F)cc(F)c1F. The van der Waals surface area contributed by atoms with Gasteiger partial charge in [-0.25, -0.2) is 13.2 Å². The van der Waals surface area contributed by atoms with Crippen molar-refractivity contribution in [2.75, 3.05) is 11.9 Å². The zero-order valence-electron chi connectivity index (χ0n) is 11.4. The summed E-state index contributed by atoms with van der Waals surface area (Å²) in [7, 11) is 0. The molecule has 0 radical (unpaired) electrons. The summed E-state index contributed by atoms with van der Waals surface area (Å²) >= 11 is 0. The van der Waals surface area contributed by atoms with Gasteiger partial charge in [0.1, 0.15) is 5.82 Å². The van der Waals surface area contributed by atoms with Crippen molar-refractivity contribution in [3.8, 4) is 0 Å². The molecule has 0 aliphatic carbocycles. The maximum Gasteiger partial charge on any atom is 0.182 e. The molecule has 19 heavy (non-hydrogen) atoms. The molecule has 0 aliphatic heterocycles. The summed E-state index contributed by atoms with van der Waals surface area (Å²) in [6, 6.07) is 1.54. The first kappa shape index (κ1) is 15.9. The minimum Gasteiger partial charge on any atom is -0.383 e. The summed E-state index contributed by atoms with van der Waals surface area (Å²) in [5.41, 5.74) is -0.0940. The van der Waals surface area contributed by atoms with E-state index in [0.717, 1.165) is 25.3 Å². The highest BCUT2D eigenvalue weighted by atomic mass is 19.2. The fraction of sp³-hybridized carbons (Fsp3) is 0.600. The molecule has 0 saturated carbocycles. The first-order chi connectivity index (χ1) is 9.15. The molecule has 0 heterocycles. The van der Waals surface area contributed by atoms with Crippen LogP contribution < -0.4 is 5.32 Å². The van der Waals surface area contributed by atoms with Crippen molar-refractivity contribution < 1.29 is 13.2 Å². The van der Waals surface area contributed by atoms with Crippen molar-refractivity contribution in [3.63, 3.8) is 0 Å². The van der Waals surface area contributed by atoms with E-state index in [1.807, 2.05) is 0 Å². The Morgan fingerprint density at radius 3 is 2.21 bits per heavy atom. The number of nitrogens with one attached hydrogen (secondary N) is 1. The number of anilines is 1. The molecule has 1 aromatic rings. The van der Waals surface area contributed by atoms with Crippen molar-refractivity contribution in [1.29, 1.82) is 0 Å². The molecule has 1 aromatic carbocycles. The molecule has 0 amide bonds. The molecule has 0 spiro atoms. The van der Waals surface area contributed by atoms with Crippen LogP contribution in [-0.2, 0) is 0 Å². The molecule has 1 rings (SSSR count). The van der Waals surface area contributed by atoms with Gasteiger partial charge in [-0.15, -0.1) is 0 Å². The second kappa shape index (κ2) is 8.83. The van der Waals surface area contributed by atoms with Crippen LogP contribution in [0.4, 0.5) is 18.9 Å². The molecule has 0 aromatic heterocycles. The molecule has 0 aliphatic rings. The zero-order chi connectivity index (χ0) is 14.1. The third-order valence-electron chi connectivity index (χ3n) is 3.09. The average molecular weight is 273 g/mol. The maximum absolute atomic E-state index is 13.3. The largest absolute Gasteiger partial charge is 0.383 e. The van der Waals surface area contributed by atoms with Gasteiger partial charge in [0, 0.05) is 18.7 Å². The lowest BCUT2D eigenvalue weighted by molar-refractivity contribution is 0.497. The van der Waals surface area contributed by atoms with Crippen molar-refractivity contribution in [2.45, 2.75) is 51.9 Å². The number of halogens is 3. The highest BCUT2D eigenvalue weighted by Crippen LogP contribution is 2.19. The van der Waals surface area contributed by atoms with E-state index in [1.54, 1.807) is 0 Å². The molecule has 108 valence electrons. The monoisotopic (exact) mass is 273 g/mol. The second-order valence-electron chi connectivity index (χ2n) is 4.80. The molecule has 0 saturated heterocycles. The van der Waals surface area contributed by atoms with Crippen LogP contribution in [0.5, 0.6) is 0 Å². The van der Waals surface area contributed by atoms with Gasteiger partial charge in [-0.05, 0) is 6.42 Å². The topological polar surface area (TPSA) is 12.0 Å². The molecular formula is C15H22F3N. The lowest BCUT2D eigenvalue weighted by Crippen LogP contribution is -2.05. The maximum atomic E-state index is 13.3. The summed E-state index contributed by atoms with van der Waals surface area (Å²) in [6.45, 7) is 2.71. The third kappa shape index (κ3) is 5.99. The fourth-order valence-electron chi connectivity index (χ4n) is 1.99. The zero-order valence-corrected chi connectivity index (χ0v) is 11.4. The normalized spacial score (nSPS) is 10.7. The van der Waals surface area contributed by atoms with Crippen molar-refractivity contribution in [3.05, 3.63) is 29.6 Å². The number of rotatable bonds is 9. The van der Waals surface area contributed by atoms with Crippen molar-refractivity contribution >= 4 is 5.69 Å². The summed E-state index contributed by atoms with van der Waals surface area (Å²) < 4.78 is 39.1. The second-order valence-corrected chi connectivity index (χ2v) is 4.80. The van der Waals surface area contributed by atoms with Gasteiger partial charge in [0.2, 0.25) is 0 Å². The fourth-order valence-corrected chi connectivity index (χ4v) is 1.99. The summed E-state index contributed by atoms with van der Waals surface area (Å²) in [4.78, 5) is 0. The van der Waals surface area contributed by atoms with Crippen LogP contribution in [0.25, 0.3) is 0 Å². The Kier molecular flexibility index (Phi) is 7.38. The average Bonchev–Trinajstić information content (AvgIpc) is 2.38. The van der Waals surface area contributed by atoms with E-state index in [-0.39, 0.29) is 5.69 Å². The van der Waals surface area contributed by atoms with E-state index in [2.05, 4.69) is 12.2 Å². The van der Waals surface area contributed by atoms with E-state index in [4.69, 9.17) is 0 Å². The lowest BCUT2D eigenvalue weighted by Gasteiger charge is -2.08. The van der Waals surface area contributed by atoms with Crippen LogP contribution in [0.3, 0.4) is 0 Å². The van der Waals surface area contributed by atoms with Crippen molar-refractivity contribution in [1.82, 2.24) is 0 Å². The van der Waals surface area contributed by atoms with Gasteiger partial charge in [0.05, 0.1) is 5.69 Å². The molecule has 0 unspecified atom stereocenters. The molecule has 0 bridgehead atoms. The third-order valence-corrected chi connectivity index (χ3v) is 3.09. The molecule has 0 fully saturated rings. The van der Waals surface area contributed by atoms with Crippen LogP contribution in [0.2, 0.25) is 0 Å². The Morgan fingerprint density at radius 2 is 1.53 bits per heavy atom. The summed E-state index contributed by atoms with van der Waals surface area (Å²) in [5, 5.41) is 2.74. The van der Waals surface area contributed by atoms with E-state index in [0.29, 0.717) is 12.6 Å². The van der Waals surface area contributed by atoms with Gasteiger partial charge in [0.15, 0.2) is 11.6 Å². The predicted molar refractivity (Wildman–Crippen MR) is 72.8 cm³/mol. The predicted octanol–water partition coefficient (Wildman–Crippen LogP) is 5.27. The minimum atomic E-state index is -1.15. The van der Waals surface area contributed by atoms with Gasteiger partial charge < -0.3 is 5.32 Å². The highest BCUT2D eigenvalue weighted by Gasteiger charge is 2.10. The van der Waals surface area contributed by atoms with Crippen LogP contribution in [0.1, 0.15) is 51.9 Å². The molecule has 1 nitrogen and oxygen atoms in total. The quantitative estimate of drug-likeness (QED) is 0.477.